The molecule has 0 saturated carbocycles. The lowest BCUT2D eigenvalue weighted by molar-refractivity contribution is -0.239. The second kappa shape index (κ2) is 6.61. The molecule has 0 fully saturated rings. The normalized spacial score (nSPS) is 14.0. The summed E-state index contributed by atoms with van der Waals surface area (Å²) >= 11 is 0. The second-order valence-corrected chi connectivity index (χ2v) is 9.45. The molecule has 0 N–H and O–H groups in total. The fourth-order valence-corrected chi connectivity index (χ4v) is 6.25. The number of hydrogen-bond donors (Lipinski definition) is 0. The van der Waals surface area contributed by atoms with Gasteiger partial charge in [-0.3, -0.25) is 0 Å². The van der Waals surface area contributed by atoms with Crippen LogP contribution in [0.4, 0.5) is 22.0 Å². The van der Waals surface area contributed by atoms with E-state index in [-0.39, 0.29) is 10.6 Å². The Morgan fingerprint density at radius 2 is 1.00 bits per heavy atom. The minimum atomic E-state index is -5.65. The molecule has 6 heteroatoms. The first kappa shape index (κ1) is 19.2. The third kappa shape index (κ3) is 2.84. The van der Waals surface area contributed by atoms with Crippen LogP contribution in [0, 0.1) is 0 Å². The molecule has 0 saturated heterocycles. The van der Waals surface area contributed by atoms with Crippen LogP contribution in [-0.4, -0.2) is 11.8 Å². The average molecular weight is 428 g/mol. The average Bonchev–Trinajstić information content (AvgIpc) is 2.72. The molecular formula is C24H14F5P. The molecule has 0 spiro atoms. The van der Waals surface area contributed by atoms with Gasteiger partial charge in [-0.25, -0.2) is 0 Å². The van der Waals surface area contributed by atoms with Crippen molar-refractivity contribution >= 4 is 50.8 Å². The molecule has 0 amide bonds. The highest BCUT2D eigenvalue weighted by molar-refractivity contribution is 7.74. The fraction of sp³-hybridized carbons (Fsp3) is 0.0833. The molecule has 0 aliphatic rings. The predicted molar refractivity (Wildman–Crippen MR) is 114 cm³/mol. The SMILES string of the molecule is FC(F)(F)C(F)(F)P(c1ccccc1)c1cc2ccc3cccc4ccc(c1)c2c34. The van der Waals surface area contributed by atoms with E-state index in [9.17, 15) is 22.0 Å². The molecule has 0 nitrogen and oxygen atoms in total. The Labute approximate surface area is 170 Å². The molecule has 0 aliphatic carbocycles. The van der Waals surface area contributed by atoms with Crippen LogP contribution in [-0.2, 0) is 0 Å². The van der Waals surface area contributed by atoms with E-state index in [0.717, 1.165) is 21.5 Å². The summed E-state index contributed by atoms with van der Waals surface area (Å²) in [5.41, 5.74) is -4.86. The first-order valence-corrected chi connectivity index (χ1v) is 10.6. The monoisotopic (exact) mass is 428 g/mol. The zero-order valence-corrected chi connectivity index (χ0v) is 16.3. The summed E-state index contributed by atoms with van der Waals surface area (Å²) in [6.07, 6.45) is -5.65. The minimum Gasteiger partial charge on any atom is -0.191 e. The Bertz CT molecular complexity index is 1290. The van der Waals surface area contributed by atoms with E-state index in [0.29, 0.717) is 10.8 Å². The third-order valence-corrected chi connectivity index (χ3v) is 7.75. The van der Waals surface area contributed by atoms with E-state index in [1.807, 2.05) is 30.3 Å². The van der Waals surface area contributed by atoms with Gasteiger partial charge >= 0.3 is 11.8 Å². The van der Waals surface area contributed by atoms with Gasteiger partial charge in [-0.2, -0.15) is 22.0 Å². The van der Waals surface area contributed by atoms with Crippen LogP contribution in [0.2, 0.25) is 0 Å². The van der Waals surface area contributed by atoms with Crippen molar-refractivity contribution in [1.29, 1.82) is 0 Å². The number of hydrogen-bond acceptors (Lipinski definition) is 0. The molecule has 150 valence electrons. The Kier molecular flexibility index (Phi) is 4.23. The molecule has 5 aromatic carbocycles. The van der Waals surface area contributed by atoms with Gasteiger partial charge in [0, 0.05) is 7.92 Å². The van der Waals surface area contributed by atoms with E-state index in [1.54, 1.807) is 18.2 Å². The third-order valence-electron chi connectivity index (χ3n) is 5.34. The van der Waals surface area contributed by atoms with E-state index >= 15 is 0 Å². The van der Waals surface area contributed by atoms with Crippen LogP contribution in [0.1, 0.15) is 0 Å². The largest absolute Gasteiger partial charge is 0.458 e. The summed E-state index contributed by atoms with van der Waals surface area (Å²) in [5.74, 6) is 0. The molecule has 30 heavy (non-hydrogen) atoms. The maximum atomic E-state index is 14.8. The highest BCUT2D eigenvalue weighted by atomic mass is 31.1. The molecule has 0 aromatic heterocycles. The zero-order valence-electron chi connectivity index (χ0n) is 15.4. The Morgan fingerprint density at radius 3 is 1.53 bits per heavy atom. The first-order chi connectivity index (χ1) is 14.3. The van der Waals surface area contributed by atoms with E-state index < -0.39 is 19.8 Å². The summed E-state index contributed by atoms with van der Waals surface area (Å²) in [7, 11) is -2.99. The minimum absolute atomic E-state index is 0.00408. The van der Waals surface area contributed by atoms with Crippen LogP contribution in [0.3, 0.4) is 0 Å². The lowest BCUT2D eigenvalue weighted by Crippen LogP contribution is -2.40. The molecule has 1 atom stereocenters. The van der Waals surface area contributed by atoms with Crippen LogP contribution in [0.15, 0.2) is 84.9 Å². The molecule has 0 bridgehead atoms. The summed E-state index contributed by atoms with van der Waals surface area (Å²) < 4.78 is 69.8. The van der Waals surface area contributed by atoms with Crippen molar-refractivity contribution in [1.82, 2.24) is 0 Å². The van der Waals surface area contributed by atoms with E-state index in [4.69, 9.17) is 0 Å². The van der Waals surface area contributed by atoms with Gasteiger partial charge in [-0.15, -0.1) is 0 Å². The van der Waals surface area contributed by atoms with Crippen LogP contribution in [0.25, 0.3) is 32.3 Å². The summed E-state index contributed by atoms with van der Waals surface area (Å²) in [6, 6.07) is 23.4. The molecule has 0 aliphatic heterocycles. The van der Waals surface area contributed by atoms with Crippen LogP contribution >= 0.6 is 7.92 Å². The van der Waals surface area contributed by atoms with Gasteiger partial charge in [0.2, 0.25) is 0 Å². The van der Waals surface area contributed by atoms with Crippen molar-refractivity contribution < 1.29 is 22.0 Å². The van der Waals surface area contributed by atoms with Gasteiger partial charge in [-0.05, 0) is 55.1 Å². The van der Waals surface area contributed by atoms with Crippen molar-refractivity contribution in [3.63, 3.8) is 0 Å². The fourth-order valence-electron chi connectivity index (χ4n) is 4.04. The maximum absolute atomic E-state index is 14.8. The highest BCUT2D eigenvalue weighted by Gasteiger charge is 2.63. The number of halogens is 5. The lowest BCUT2D eigenvalue weighted by Gasteiger charge is -2.30. The van der Waals surface area contributed by atoms with Gasteiger partial charge in [-0.1, -0.05) is 72.8 Å². The zero-order chi connectivity index (χ0) is 21.1. The molecular weight excluding hydrogens is 414 g/mol. The maximum Gasteiger partial charge on any atom is 0.458 e. The molecule has 5 rings (SSSR count). The van der Waals surface area contributed by atoms with Crippen molar-refractivity contribution in [2.75, 3.05) is 0 Å². The Balaban J connectivity index is 1.82. The van der Waals surface area contributed by atoms with Gasteiger partial charge in [0.25, 0.3) is 0 Å². The van der Waals surface area contributed by atoms with E-state index in [2.05, 4.69) is 0 Å². The quantitative estimate of drug-likeness (QED) is 0.162. The van der Waals surface area contributed by atoms with Crippen molar-refractivity contribution in [3.8, 4) is 0 Å². The van der Waals surface area contributed by atoms with Gasteiger partial charge in [0.05, 0.1) is 0 Å². The number of alkyl halides is 5. The summed E-state index contributed by atoms with van der Waals surface area (Å²) in [4.78, 5) is 0. The first-order valence-electron chi connectivity index (χ1n) is 9.25. The smallest absolute Gasteiger partial charge is 0.191 e. The molecule has 5 aromatic rings. The summed E-state index contributed by atoms with van der Waals surface area (Å²) in [5, 5.41) is 5.19. The van der Waals surface area contributed by atoms with Crippen LogP contribution < -0.4 is 10.6 Å². The van der Waals surface area contributed by atoms with Gasteiger partial charge < -0.3 is 0 Å². The van der Waals surface area contributed by atoms with Crippen molar-refractivity contribution in [2.45, 2.75) is 11.8 Å². The van der Waals surface area contributed by atoms with Gasteiger partial charge in [0.15, 0.2) is 0 Å². The van der Waals surface area contributed by atoms with Gasteiger partial charge in [0.1, 0.15) is 0 Å². The number of benzene rings is 5. The molecule has 1 unspecified atom stereocenters. The molecule has 0 heterocycles. The Hall–Kier alpha value is -2.78. The summed E-state index contributed by atoms with van der Waals surface area (Å²) in [6.45, 7) is 0. The van der Waals surface area contributed by atoms with Crippen molar-refractivity contribution in [3.05, 3.63) is 84.9 Å². The topological polar surface area (TPSA) is 0 Å². The number of rotatable bonds is 3. The molecule has 0 radical (unpaired) electrons. The Morgan fingerprint density at radius 1 is 0.500 bits per heavy atom. The predicted octanol–water partition coefficient (Wildman–Crippen LogP) is 7.17. The van der Waals surface area contributed by atoms with E-state index in [1.165, 1.54) is 36.4 Å². The van der Waals surface area contributed by atoms with Crippen molar-refractivity contribution in [2.24, 2.45) is 0 Å². The second-order valence-electron chi connectivity index (χ2n) is 7.19. The lowest BCUT2D eigenvalue weighted by atomic mass is 9.94. The highest BCUT2D eigenvalue weighted by Crippen LogP contribution is 2.58. The standard InChI is InChI=1S/C24H14F5P/c25-23(26,27)24(28,29)30(19-7-2-1-3-8-19)20-13-17-11-9-15-5-4-6-16-10-12-18(14-20)22(17)21(15)16/h1-14H. The van der Waals surface area contributed by atoms with Crippen LogP contribution in [0.5, 0.6) is 0 Å².